The van der Waals surface area contributed by atoms with Crippen LogP contribution in [0.5, 0.6) is 0 Å². The molecule has 0 fully saturated rings. The minimum Gasteiger partial charge on any atom is -0.272 e. The van der Waals surface area contributed by atoms with Crippen molar-refractivity contribution in [3.05, 3.63) is 52.4 Å². The Morgan fingerprint density at radius 2 is 1.90 bits per heavy atom. The molecule has 0 spiro atoms. The van der Waals surface area contributed by atoms with E-state index in [9.17, 15) is 0 Å². The highest BCUT2D eigenvalue weighted by molar-refractivity contribution is 9.10. The summed E-state index contributed by atoms with van der Waals surface area (Å²) < 4.78 is 2.53. The predicted octanol–water partition coefficient (Wildman–Crippen LogP) is 4.44. The van der Waals surface area contributed by atoms with Gasteiger partial charge in [0, 0.05) is 18.3 Å². The van der Waals surface area contributed by atoms with Crippen LogP contribution in [-0.4, -0.2) is 19.7 Å². The van der Waals surface area contributed by atoms with E-state index >= 15 is 0 Å². The van der Waals surface area contributed by atoms with Gasteiger partial charge >= 0.3 is 0 Å². The van der Waals surface area contributed by atoms with Crippen molar-refractivity contribution in [1.82, 2.24) is 19.7 Å². The van der Waals surface area contributed by atoms with E-state index in [1.165, 1.54) is 0 Å². The zero-order valence-corrected chi connectivity index (χ0v) is 13.6. The fourth-order valence-corrected chi connectivity index (χ4v) is 2.56. The van der Waals surface area contributed by atoms with Crippen LogP contribution in [0.4, 0.5) is 0 Å². The molecule has 0 unspecified atom stereocenters. The molecule has 0 N–H and O–H groups in total. The molecule has 0 saturated carbocycles. The normalized spacial score (nSPS) is 10.8. The van der Waals surface area contributed by atoms with Crippen molar-refractivity contribution in [2.75, 3.05) is 0 Å². The lowest BCUT2D eigenvalue weighted by Crippen LogP contribution is -1.95. The lowest BCUT2D eigenvalue weighted by molar-refractivity contribution is 0.660. The molecule has 21 heavy (non-hydrogen) atoms. The lowest BCUT2D eigenvalue weighted by atomic mass is 10.1. The van der Waals surface area contributed by atoms with Gasteiger partial charge < -0.3 is 0 Å². The fourth-order valence-electron chi connectivity index (χ4n) is 1.99. The van der Waals surface area contributed by atoms with Gasteiger partial charge in [0.05, 0.1) is 21.9 Å². The third-order valence-corrected chi connectivity index (χ3v) is 4.33. The van der Waals surface area contributed by atoms with Crippen LogP contribution < -0.4 is 0 Å². The molecule has 0 bridgehead atoms. The number of benzene rings is 1. The van der Waals surface area contributed by atoms with Crippen LogP contribution in [0.2, 0.25) is 5.15 Å². The number of nitrogens with zero attached hydrogens (tertiary/aromatic N) is 4. The van der Waals surface area contributed by atoms with Gasteiger partial charge in [-0.05, 0) is 22.9 Å². The summed E-state index contributed by atoms with van der Waals surface area (Å²) in [6, 6.07) is 9.87. The number of hydrogen-bond donors (Lipinski definition) is 0. The van der Waals surface area contributed by atoms with E-state index in [2.05, 4.69) is 31.0 Å². The smallest absolute Gasteiger partial charge is 0.164 e. The molecule has 0 aliphatic carbocycles. The van der Waals surface area contributed by atoms with E-state index in [1.807, 2.05) is 48.1 Å². The molecule has 0 saturated heterocycles. The Morgan fingerprint density at radius 3 is 2.57 bits per heavy atom. The molecule has 0 aliphatic heterocycles. The van der Waals surface area contributed by atoms with Gasteiger partial charge in [-0.25, -0.2) is 9.97 Å². The van der Waals surface area contributed by atoms with Crippen molar-refractivity contribution in [1.29, 1.82) is 0 Å². The van der Waals surface area contributed by atoms with Gasteiger partial charge in [-0.15, -0.1) is 0 Å². The number of halogens is 2. The average Bonchev–Trinajstić information content (AvgIpc) is 3.00. The maximum absolute atomic E-state index is 6.23. The summed E-state index contributed by atoms with van der Waals surface area (Å²) in [6.07, 6.45) is 3.66. The molecule has 0 atom stereocenters. The summed E-state index contributed by atoms with van der Waals surface area (Å²) in [5.74, 6) is 0.571. The molecule has 0 amide bonds. The second-order valence-corrected chi connectivity index (χ2v) is 5.60. The summed E-state index contributed by atoms with van der Waals surface area (Å²) >= 11 is 9.70. The first-order valence-electron chi connectivity index (χ1n) is 6.50. The Balaban J connectivity index is 2.14. The highest BCUT2D eigenvalue weighted by atomic mass is 79.9. The fraction of sp³-hybridized carbons (Fsp3) is 0.133. The first kappa shape index (κ1) is 14.2. The van der Waals surface area contributed by atoms with Crippen LogP contribution in [-0.2, 0) is 6.54 Å². The Morgan fingerprint density at radius 1 is 1.14 bits per heavy atom. The van der Waals surface area contributed by atoms with E-state index in [0.717, 1.165) is 23.4 Å². The molecule has 2 heterocycles. The second-order valence-electron chi connectivity index (χ2n) is 4.45. The first-order valence-corrected chi connectivity index (χ1v) is 7.67. The molecule has 106 valence electrons. The second kappa shape index (κ2) is 5.95. The molecular formula is C15H12BrClN4. The van der Waals surface area contributed by atoms with Crippen molar-refractivity contribution in [3.63, 3.8) is 0 Å². The Labute approximate surface area is 135 Å². The summed E-state index contributed by atoms with van der Waals surface area (Å²) in [5, 5.41) is 4.64. The summed E-state index contributed by atoms with van der Waals surface area (Å²) in [7, 11) is 0. The molecule has 3 aromatic rings. The molecule has 3 rings (SSSR count). The van der Waals surface area contributed by atoms with Crippen LogP contribution in [0.25, 0.3) is 22.6 Å². The van der Waals surface area contributed by atoms with Crippen LogP contribution in [0.1, 0.15) is 6.92 Å². The molecular weight excluding hydrogens is 352 g/mol. The summed E-state index contributed by atoms with van der Waals surface area (Å²) in [5.41, 5.74) is 2.61. The van der Waals surface area contributed by atoms with Gasteiger partial charge in [0.15, 0.2) is 5.82 Å². The average molecular weight is 364 g/mol. The van der Waals surface area contributed by atoms with E-state index in [0.29, 0.717) is 15.5 Å². The van der Waals surface area contributed by atoms with E-state index in [1.54, 1.807) is 6.20 Å². The van der Waals surface area contributed by atoms with Crippen LogP contribution >= 0.6 is 27.5 Å². The highest BCUT2D eigenvalue weighted by Crippen LogP contribution is 2.33. The zero-order valence-electron chi connectivity index (χ0n) is 11.3. The monoisotopic (exact) mass is 362 g/mol. The van der Waals surface area contributed by atoms with Crippen molar-refractivity contribution in [3.8, 4) is 22.6 Å². The van der Waals surface area contributed by atoms with Crippen molar-refractivity contribution >= 4 is 27.5 Å². The van der Waals surface area contributed by atoms with Gasteiger partial charge in [0.25, 0.3) is 0 Å². The van der Waals surface area contributed by atoms with Crippen molar-refractivity contribution in [2.45, 2.75) is 13.5 Å². The van der Waals surface area contributed by atoms with E-state index in [-0.39, 0.29) is 0 Å². The molecule has 1 aromatic carbocycles. The molecule has 4 nitrogen and oxygen atoms in total. The summed E-state index contributed by atoms with van der Waals surface area (Å²) in [6.45, 7) is 2.83. The third kappa shape index (κ3) is 2.84. The SMILES string of the molecule is CCn1cc(-c2nc(Cl)c(Br)c(-c3ccccc3)n2)cn1. The lowest BCUT2D eigenvalue weighted by Gasteiger charge is -2.07. The molecule has 0 radical (unpaired) electrons. The van der Waals surface area contributed by atoms with E-state index in [4.69, 9.17) is 11.6 Å². The van der Waals surface area contributed by atoms with Gasteiger partial charge in [0.1, 0.15) is 5.15 Å². The maximum Gasteiger partial charge on any atom is 0.164 e. The first-order chi connectivity index (χ1) is 10.2. The van der Waals surface area contributed by atoms with E-state index < -0.39 is 0 Å². The van der Waals surface area contributed by atoms with Gasteiger partial charge in [0.2, 0.25) is 0 Å². The maximum atomic E-state index is 6.23. The minimum atomic E-state index is 0.392. The van der Waals surface area contributed by atoms with Gasteiger partial charge in [-0.1, -0.05) is 41.9 Å². The van der Waals surface area contributed by atoms with Crippen molar-refractivity contribution < 1.29 is 0 Å². The van der Waals surface area contributed by atoms with Gasteiger partial charge in [-0.3, -0.25) is 4.68 Å². The summed E-state index contributed by atoms with van der Waals surface area (Å²) in [4.78, 5) is 8.96. The minimum absolute atomic E-state index is 0.392. The molecule has 2 aromatic heterocycles. The largest absolute Gasteiger partial charge is 0.272 e. The highest BCUT2D eigenvalue weighted by Gasteiger charge is 2.14. The van der Waals surface area contributed by atoms with Gasteiger partial charge in [-0.2, -0.15) is 5.10 Å². The van der Waals surface area contributed by atoms with Crippen LogP contribution in [0.3, 0.4) is 0 Å². The van der Waals surface area contributed by atoms with Crippen LogP contribution in [0, 0.1) is 0 Å². The zero-order chi connectivity index (χ0) is 14.8. The molecule has 0 aliphatic rings. The Hall–Kier alpha value is -1.72. The number of aromatic nitrogens is 4. The standard InChI is InChI=1S/C15H12BrClN4/c1-2-21-9-11(8-18-21)15-19-13(12(16)14(17)20-15)10-6-4-3-5-7-10/h3-9H,2H2,1H3. The number of rotatable bonds is 3. The number of aryl methyl sites for hydroxylation is 1. The quantitative estimate of drug-likeness (QED) is 0.646. The van der Waals surface area contributed by atoms with Crippen molar-refractivity contribution in [2.24, 2.45) is 0 Å². The Bertz CT molecular complexity index is 771. The third-order valence-electron chi connectivity index (χ3n) is 3.07. The molecule has 6 heteroatoms. The predicted molar refractivity (Wildman–Crippen MR) is 87.1 cm³/mol. The van der Waals surface area contributed by atoms with Crippen LogP contribution in [0.15, 0.2) is 47.2 Å². The Kier molecular flexibility index (Phi) is 4.03. The number of hydrogen-bond acceptors (Lipinski definition) is 3. The topological polar surface area (TPSA) is 43.6 Å².